The first-order valence-corrected chi connectivity index (χ1v) is 12.6. The lowest BCUT2D eigenvalue weighted by atomic mass is 10.1. The van der Waals surface area contributed by atoms with Crippen molar-refractivity contribution >= 4 is 15.7 Å². The van der Waals surface area contributed by atoms with E-state index in [2.05, 4.69) is 31.3 Å². The smallest absolute Gasteiger partial charge is 0.229 e. The minimum atomic E-state index is -3.28. The van der Waals surface area contributed by atoms with Gasteiger partial charge in [0.05, 0.1) is 19.3 Å². The first kappa shape index (κ1) is 22.7. The Morgan fingerprint density at radius 2 is 1.73 bits per heavy atom. The van der Waals surface area contributed by atoms with Crippen molar-refractivity contribution in [1.82, 2.24) is 19.8 Å². The van der Waals surface area contributed by atoms with Gasteiger partial charge in [0.15, 0.2) is 11.7 Å². The van der Waals surface area contributed by atoms with Gasteiger partial charge in [0.25, 0.3) is 0 Å². The van der Waals surface area contributed by atoms with Crippen molar-refractivity contribution in [2.24, 2.45) is 0 Å². The lowest BCUT2D eigenvalue weighted by Crippen LogP contribution is -2.51. The topological polar surface area (TPSA) is 92.6 Å². The Labute approximate surface area is 194 Å². The van der Waals surface area contributed by atoms with Crippen LogP contribution in [0.5, 0.6) is 0 Å². The predicted octanol–water partition coefficient (Wildman–Crippen LogP) is 2.18. The zero-order chi connectivity index (χ0) is 23.3. The molecule has 2 aromatic carbocycles. The van der Waals surface area contributed by atoms with Gasteiger partial charge in [-0.15, -0.1) is 5.10 Å². The lowest BCUT2D eigenvalue weighted by Gasteiger charge is -2.36. The molecular weight excluding hydrogens is 440 g/mol. The van der Waals surface area contributed by atoms with Gasteiger partial charge in [-0.05, 0) is 29.8 Å². The molecule has 0 amide bonds. The summed E-state index contributed by atoms with van der Waals surface area (Å²) in [6, 6.07) is 17.3. The van der Waals surface area contributed by atoms with E-state index in [0.717, 1.165) is 43.6 Å². The van der Waals surface area contributed by atoms with Gasteiger partial charge in [0.1, 0.15) is 12.9 Å². The third-order valence-electron chi connectivity index (χ3n) is 5.29. The van der Waals surface area contributed by atoms with Crippen LogP contribution in [0.2, 0.25) is 0 Å². The van der Waals surface area contributed by atoms with Crippen LogP contribution in [0.15, 0.2) is 73.4 Å². The number of hydrogen-bond acceptors (Lipinski definition) is 7. The fourth-order valence-corrected chi connectivity index (χ4v) is 4.14. The summed E-state index contributed by atoms with van der Waals surface area (Å²) in [6.45, 7) is 7.73. The lowest BCUT2D eigenvalue weighted by molar-refractivity contribution is 0.0958. The maximum Gasteiger partial charge on any atom is 0.229 e. The number of ether oxygens (including phenoxy) is 1. The minimum Gasteiger partial charge on any atom is -0.475 e. The third-order valence-corrected chi connectivity index (χ3v) is 5.90. The Balaban J connectivity index is 1.26. The van der Waals surface area contributed by atoms with Gasteiger partial charge in [-0.3, -0.25) is 9.73 Å². The number of rotatable bonds is 9. The predicted molar refractivity (Wildman–Crippen MR) is 128 cm³/mol. The molecule has 4 rings (SSSR count). The standard InChI is InChI=1S/C23H28N6O3S/c1-19(32-17-21-6-4-3-5-7-21)27-12-14-28(15-13-27)29-18-24-23(25-29)16-20-8-10-22(11-9-20)26-33(2,30)31/h3-11,18,26H,1,12-17H2,2H3. The van der Waals surface area contributed by atoms with Crippen molar-refractivity contribution in [2.45, 2.75) is 13.0 Å². The minimum absolute atomic E-state index is 0.512. The largest absolute Gasteiger partial charge is 0.475 e. The SMILES string of the molecule is C=C(OCc1ccccc1)N1CCN(n2cnc(Cc3ccc(NS(C)(=O)=O)cc3)n2)CC1. The van der Waals surface area contributed by atoms with Crippen molar-refractivity contribution in [1.29, 1.82) is 0 Å². The first-order chi connectivity index (χ1) is 15.9. The second-order valence-corrected chi connectivity index (χ2v) is 9.69. The number of anilines is 1. The fourth-order valence-electron chi connectivity index (χ4n) is 3.58. The Hall–Kier alpha value is -3.53. The molecule has 9 nitrogen and oxygen atoms in total. The average Bonchev–Trinajstić information content (AvgIpc) is 3.27. The van der Waals surface area contributed by atoms with Crippen LogP contribution in [-0.4, -0.2) is 60.6 Å². The molecule has 174 valence electrons. The van der Waals surface area contributed by atoms with E-state index in [0.29, 0.717) is 30.4 Å². The molecule has 1 aliphatic rings. The van der Waals surface area contributed by atoms with Gasteiger partial charge in [0, 0.05) is 25.2 Å². The van der Waals surface area contributed by atoms with Gasteiger partial charge < -0.3 is 9.64 Å². The molecule has 3 aromatic rings. The van der Waals surface area contributed by atoms with Crippen LogP contribution < -0.4 is 9.73 Å². The highest BCUT2D eigenvalue weighted by Crippen LogP contribution is 2.14. The van der Waals surface area contributed by atoms with E-state index in [1.165, 1.54) is 0 Å². The van der Waals surface area contributed by atoms with Crippen molar-refractivity contribution in [3.63, 3.8) is 0 Å². The zero-order valence-electron chi connectivity index (χ0n) is 18.6. The highest BCUT2D eigenvalue weighted by atomic mass is 32.2. The molecule has 0 bridgehead atoms. The maximum atomic E-state index is 11.3. The number of piperazine rings is 1. The summed E-state index contributed by atoms with van der Waals surface area (Å²) in [5.41, 5.74) is 2.66. The third kappa shape index (κ3) is 6.48. The molecule has 0 aliphatic carbocycles. The molecule has 10 heteroatoms. The Morgan fingerprint density at radius 3 is 2.39 bits per heavy atom. The Bertz CT molecular complexity index is 1170. The molecule has 0 unspecified atom stereocenters. The second kappa shape index (κ2) is 9.95. The van der Waals surface area contributed by atoms with E-state index < -0.39 is 10.0 Å². The summed E-state index contributed by atoms with van der Waals surface area (Å²) in [6.07, 6.45) is 3.42. The zero-order valence-corrected chi connectivity index (χ0v) is 19.4. The Morgan fingerprint density at radius 1 is 1.03 bits per heavy atom. The summed E-state index contributed by atoms with van der Waals surface area (Å²) in [5, 5.41) is 6.74. The first-order valence-electron chi connectivity index (χ1n) is 10.7. The van der Waals surface area contributed by atoms with E-state index in [-0.39, 0.29) is 0 Å². The average molecular weight is 469 g/mol. The number of nitrogens with zero attached hydrogens (tertiary/aromatic N) is 5. The second-order valence-electron chi connectivity index (χ2n) is 7.94. The fraction of sp³-hybridized carbons (Fsp3) is 0.304. The molecule has 0 radical (unpaired) electrons. The number of hydrogen-bond donors (Lipinski definition) is 1. The van der Waals surface area contributed by atoms with Crippen LogP contribution in [0.4, 0.5) is 5.69 Å². The van der Waals surface area contributed by atoms with Crippen LogP contribution in [-0.2, 0) is 27.8 Å². The number of benzene rings is 2. The van der Waals surface area contributed by atoms with Crippen molar-refractivity contribution in [3.05, 3.63) is 90.3 Å². The van der Waals surface area contributed by atoms with Gasteiger partial charge in [-0.1, -0.05) is 42.5 Å². The van der Waals surface area contributed by atoms with Gasteiger partial charge >= 0.3 is 0 Å². The number of nitrogens with one attached hydrogen (secondary N) is 1. The highest BCUT2D eigenvalue weighted by molar-refractivity contribution is 7.92. The summed E-state index contributed by atoms with van der Waals surface area (Å²) in [4.78, 5) is 8.36. The van der Waals surface area contributed by atoms with Crippen LogP contribution in [0.3, 0.4) is 0 Å². The molecule has 0 atom stereocenters. The normalized spacial score (nSPS) is 14.2. The summed E-state index contributed by atoms with van der Waals surface area (Å²) < 4.78 is 31.0. The summed E-state index contributed by atoms with van der Waals surface area (Å²) in [5.74, 6) is 1.39. The molecule has 33 heavy (non-hydrogen) atoms. The van der Waals surface area contributed by atoms with E-state index in [4.69, 9.17) is 4.74 Å². The van der Waals surface area contributed by atoms with Gasteiger partial charge in [0.2, 0.25) is 10.0 Å². The van der Waals surface area contributed by atoms with Gasteiger partial charge in [-0.25, -0.2) is 13.4 Å². The van der Waals surface area contributed by atoms with Crippen LogP contribution in [0.25, 0.3) is 0 Å². The monoisotopic (exact) mass is 468 g/mol. The van der Waals surface area contributed by atoms with E-state index in [1.807, 2.05) is 42.5 Å². The molecule has 1 aliphatic heterocycles. The molecule has 0 saturated carbocycles. The highest BCUT2D eigenvalue weighted by Gasteiger charge is 2.20. The Kier molecular flexibility index (Phi) is 6.83. The molecule has 0 spiro atoms. The van der Waals surface area contributed by atoms with Gasteiger partial charge in [-0.2, -0.15) is 4.79 Å². The maximum absolute atomic E-state index is 11.3. The quantitative estimate of drug-likeness (QED) is 0.481. The molecule has 1 N–H and O–H groups in total. The van der Waals surface area contributed by atoms with Crippen LogP contribution in [0, 0.1) is 0 Å². The van der Waals surface area contributed by atoms with Crippen molar-refractivity contribution < 1.29 is 13.2 Å². The van der Waals surface area contributed by atoms with Crippen molar-refractivity contribution in [2.75, 3.05) is 42.2 Å². The van der Waals surface area contributed by atoms with Crippen molar-refractivity contribution in [3.8, 4) is 0 Å². The van der Waals surface area contributed by atoms with Crippen LogP contribution in [0.1, 0.15) is 17.0 Å². The van der Waals surface area contributed by atoms with E-state index in [1.54, 1.807) is 23.3 Å². The van der Waals surface area contributed by atoms with E-state index in [9.17, 15) is 8.42 Å². The van der Waals surface area contributed by atoms with Crippen LogP contribution >= 0.6 is 0 Å². The number of sulfonamides is 1. The molecule has 2 heterocycles. The summed E-state index contributed by atoms with van der Waals surface area (Å²) in [7, 11) is -3.28. The summed E-state index contributed by atoms with van der Waals surface area (Å²) >= 11 is 0. The molecule has 1 aromatic heterocycles. The van der Waals surface area contributed by atoms with E-state index >= 15 is 0 Å². The number of aromatic nitrogens is 3. The molecule has 1 fully saturated rings. The molecule has 1 saturated heterocycles. The molecular formula is C23H28N6O3S.